The Balaban J connectivity index is 2.51. The zero-order valence-electron chi connectivity index (χ0n) is 8.69. The molecule has 0 bridgehead atoms. The molecule has 0 atom stereocenters. The van der Waals surface area contributed by atoms with Crippen LogP contribution in [0.2, 0.25) is 0 Å². The molecule has 0 fully saturated rings. The predicted molar refractivity (Wildman–Crippen MR) is 54.9 cm³/mol. The fraction of sp³-hybridized carbons (Fsp3) is 0.333. The molecule has 0 aliphatic carbocycles. The molecule has 0 saturated carbocycles. The molecule has 2 heterocycles. The summed E-state index contributed by atoms with van der Waals surface area (Å²) in [7, 11) is 0. The molecule has 0 aromatic carbocycles. The molecule has 0 aliphatic heterocycles. The lowest BCUT2D eigenvalue weighted by Gasteiger charge is -2.06. The topological polar surface area (TPSA) is 50.9 Å². The molecular formula is C9H8F3N3OS. The molecule has 0 amide bonds. The molecule has 0 spiro atoms. The standard InChI is InChI=1S/C9H8F3N3OS/c1-5-2-7(9(10,11)12)15(14-5)8-13-6(3-16)4-17-8/h2,4,16H,3H2,1H3. The van der Waals surface area contributed by atoms with Gasteiger partial charge < -0.3 is 5.11 Å². The zero-order valence-corrected chi connectivity index (χ0v) is 9.51. The second-order valence-electron chi connectivity index (χ2n) is 3.36. The van der Waals surface area contributed by atoms with Crippen LogP contribution in [0.25, 0.3) is 5.13 Å². The van der Waals surface area contributed by atoms with Crippen molar-refractivity contribution in [1.29, 1.82) is 0 Å². The molecule has 4 nitrogen and oxygen atoms in total. The highest BCUT2D eigenvalue weighted by Gasteiger charge is 2.36. The summed E-state index contributed by atoms with van der Waals surface area (Å²) >= 11 is 1.00. The van der Waals surface area contributed by atoms with Gasteiger partial charge in [0, 0.05) is 5.38 Å². The van der Waals surface area contributed by atoms with Gasteiger partial charge in [0.2, 0.25) is 5.13 Å². The Bertz CT molecular complexity index is 532. The van der Waals surface area contributed by atoms with Gasteiger partial charge in [0.15, 0.2) is 5.69 Å². The van der Waals surface area contributed by atoms with Crippen LogP contribution in [0.5, 0.6) is 0 Å². The van der Waals surface area contributed by atoms with E-state index in [0.717, 1.165) is 22.1 Å². The van der Waals surface area contributed by atoms with E-state index in [4.69, 9.17) is 5.11 Å². The van der Waals surface area contributed by atoms with Gasteiger partial charge in [-0.3, -0.25) is 0 Å². The summed E-state index contributed by atoms with van der Waals surface area (Å²) in [6.07, 6.45) is -4.48. The molecule has 92 valence electrons. The van der Waals surface area contributed by atoms with Gasteiger partial charge in [-0.15, -0.1) is 11.3 Å². The minimum atomic E-state index is -4.48. The number of aryl methyl sites for hydroxylation is 1. The van der Waals surface area contributed by atoms with Gasteiger partial charge in [0.05, 0.1) is 18.0 Å². The first kappa shape index (κ1) is 12.1. The van der Waals surface area contributed by atoms with E-state index in [2.05, 4.69) is 10.1 Å². The summed E-state index contributed by atoms with van der Waals surface area (Å²) in [6.45, 7) is 1.17. The Morgan fingerprint density at radius 1 is 1.47 bits per heavy atom. The maximum Gasteiger partial charge on any atom is 0.433 e. The maximum absolute atomic E-state index is 12.7. The molecule has 0 aliphatic rings. The van der Waals surface area contributed by atoms with Crippen molar-refractivity contribution >= 4 is 11.3 Å². The number of nitrogens with zero attached hydrogens (tertiary/aromatic N) is 3. The van der Waals surface area contributed by atoms with Crippen molar-refractivity contribution < 1.29 is 18.3 Å². The molecule has 2 aromatic heterocycles. The Morgan fingerprint density at radius 2 is 2.18 bits per heavy atom. The largest absolute Gasteiger partial charge is 0.433 e. The number of aliphatic hydroxyl groups is 1. The molecular weight excluding hydrogens is 255 g/mol. The number of thiazole rings is 1. The van der Waals surface area contributed by atoms with E-state index in [1.165, 1.54) is 12.3 Å². The lowest BCUT2D eigenvalue weighted by molar-refractivity contribution is -0.142. The van der Waals surface area contributed by atoms with E-state index in [0.29, 0.717) is 5.69 Å². The first-order chi connectivity index (χ1) is 7.91. The molecule has 0 radical (unpaired) electrons. The summed E-state index contributed by atoms with van der Waals surface area (Å²) in [5, 5.41) is 14.2. The summed E-state index contributed by atoms with van der Waals surface area (Å²) in [5.74, 6) is 0. The number of hydrogen-bond donors (Lipinski definition) is 1. The van der Waals surface area contributed by atoms with E-state index >= 15 is 0 Å². The summed E-state index contributed by atoms with van der Waals surface area (Å²) in [5.41, 5.74) is -0.279. The average Bonchev–Trinajstić information content (AvgIpc) is 2.81. The molecule has 2 aromatic rings. The number of halogens is 3. The monoisotopic (exact) mass is 263 g/mol. The number of rotatable bonds is 2. The smallest absolute Gasteiger partial charge is 0.390 e. The van der Waals surface area contributed by atoms with Gasteiger partial charge in [-0.1, -0.05) is 0 Å². The van der Waals surface area contributed by atoms with Crippen LogP contribution in [0.1, 0.15) is 17.1 Å². The van der Waals surface area contributed by atoms with Crippen molar-refractivity contribution in [2.24, 2.45) is 0 Å². The van der Waals surface area contributed by atoms with Gasteiger partial charge in [-0.2, -0.15) is 18.3 Å². The number of aliphatic hydroxyl groups excluding tert-OH is 1. The van der Waals surface area contributed by atoms with E-state index in [-0.39, 0.29) is 17.4 Å². The SMILES string of the molecule is Cc1cc(C(F)(F)F)n(-c2nc(CO)cs2)n1. The minimum absolute atomic E-state index is 0.0921. The van der Waals surface area contributed by atoms with Gasteiger partial charge in [0.25, 0.3) is 0 Å². The second kappa shape index (κ2) is 4.11. The number of hydrogen-bond acceptors (Lipinski definition) is 4. The van der Waals surface area contributed by atoms with Crippen molar-refractivity contribution in [2.75, 3.05) is 0 Å². The van der Waals surface area contributed by atoms with Crippen LogP contribution >= 0.6 is 11.3 Å². The molecule has 0 unspecified atom stereocenters. The highest BCUT2D eigenvalue weighted by molar-refractivity contribution is 7.12. The Kier molecular flexibility index (Phi) is 2.92. The lowest BCUT2D eigenvalue weighted by atomic mass is 10.3. The van der Waals surface area contributed by atoms with E-state index < -0.39 is 11.9 Å². The van der Waals surface area contributed by atoms with Gasteiger partial charge in [-0.05, 0) is 13.0 Å². The highest BCUT2D eigenvalue weighted by Crippen LogP contribution is 2.32. The van der Waals surface area contributed by atoms with Gasteiger partial charge >= 0.3 is 6.18 Å². The van der Waals surface area contributed by atoms with Crippen molar-refractivity contribution in [1.82, 2.24) is 14.8 Å². The molecule has 2 rings (SSSR count). The zero-order chi connectivity index (χ0) is 12.6. The normalized spacial score (nSPS) is 12.1. The van der Waals surface area contributed by atoms with Crippen LogP contribution in [0.4, 0.5) is 13.2 Å². The van der Waals surface area contributed by atoms with E-state index in [1.807, 2.05) is 0 Å². The first-order valence-electron chi connectivity index (χ1n) is 4.61. The molecule has 1 N–H and O–H groups in total. The van der Waals surface area contributed by atoms with Crippen LogP contribution in [0.15, 0.2) is 11.4 Å². The Labute approximate surface area is 98.3 Å². The highest BCUT2D eigenvalue weighted by atomic mass is 32.1. The van der Waals surface area contributed by atoms with Crippen molar-refractivity contribution in [3.63, 3.8) is 0 Å². The van der Waals surface area contributed by atoms with Crippen LogP contribution in [0, 0.1) is 6.92 Å². The molecule has 0 saturated heterocycles. The van der Waals surface area contributed by atoms with Gasteiger partial charge in [-0.25, -0.2) is 9.67 Å². The first-order valence-corrected chi connectivity index (χ1v) is 5.49. The fourth-order valence-electron chi connectivity index (χ4n) is 1.31. The van der Waals surface area contributed by atoms with E-state index in [1.54, 1.807) is 0 Å². The van der Waals surface area contributed by atoms with Gasteiger partial charge in [0.1, 0.15) is 0 Å². The third-order valence-corrected chi connectivity index (χ3v) is 2.87. The number of aromatic nitrogens is 3. The maximum atomic E-state index is 12.7. The van der Waals surface area contributed by atoms with Crippen LogP contribution in [0.3, 0.4) is 0 Å². The minimum Gasteiger partial charge on any atom is -0.390 e. The van der Waals surface area contributed by atoms with Crippen LogP contribution in [-0.2, 0) is 12.8 Å². The van der Waals surface area contributed by atoms with Crippen molar-refractivity contribution in [3.05, 3.63) is 28.5 Å². The van der Waals surface area contributed by atoms with Crippen LogP contribution in [-0.4, -0.2) is 19.9 Å². The predicted octanol–water partition coefficient (Wildman–Crippen LogP) is 2.15. The third kappa shape index (κ3) is 2.32. The quantitative estimate of drug-likeness (QED) is 0.903. The summed E-state index contributed by atoms with van der Waals surface area (Å²) in [4.78, 5) is 3.86. The molecule has 17 heavy (non-hydrogen) atoms. The Hall–Kier alpha value is -1.41. The Morgan fingerprint density at radius 3 is 2.71 bits per heavy atom. The fourth-order valence-corrected chi connectivity index (χ4v) is 2.09. The molecule has 8 heteroatoms. The summed E-state index contributed by atoms with van der Waals surface area (Å²) < 4.78 is 38.9. The average molecular weight is 263 g/mol. The summed E-state index contributed by atoms with van der Waals surface area (Å²) in [6, 6.07) is 0.958. The lowest BCUT2D eigenvalue weighted by Crippen LogP contribution is -2.13. The van der Waals surface area contributed by atoms with Crippen molar-refractivity contribution in [2.45, 2.75) is 19.7 Å². The number of alkyl halides is 3. The van der Waals surface area contributed by atoms with E-state index in [9.17, 15) is 13.2 Å². The third-order valence-electron chi connectivity index (χ3n) is 2.00. The van der Waals surface area contributed by atoms with Crippen molar-refractivity contribution in [3.8, 4) is 5.13 Å². The second-order valence-corrected chi connectivity index (χ2v) is 4.20. The van der Waals surface area contributed by atoms with Crippen LogP contribution < -0.4 is 0 Å².